The third-order valence-corrected chi connectivity index (χ3v) is 5.69. The van der Waals surface area contributed by atoms with E-state index in [1.54, 1.807) is 17.7 Å². The van der Waals surface area contributed by atoms with Crippen molar-refractivity contribution < 1.29 is 9.84 Å². The van der Waals surface area contributed by atoms with Gasteiger partial charge < -0.3 is 9.84 Å². The van der Waals surface area contributed by atoms with Gasteiger partial charge >= 0.3 is 0 Å². The molecule has 1 N–H and O–H groups in total. The first-order valence-corrected chi connectivity index (χ1v) is 8.65. The van der Waals surface area contributed by atoms with Gasteiger partial charge in [0.25, 0.3) is 0 Å². The van der Waals surface area contributed by atoms with Crippen LogP contribution in [0.3, 0.4) is 0 Å². The predicted octanol–water partition coefficient (Wildman–Crippen LogP) is 4.47. The molecule has 1 aromatic carbocycles. The summed E-state index contributed by atoms with van der Waals surface area (Å²) in [6.45, 7) is 4.17. The van der Waals surface area contributed by atoms with Crippen molar-refractivity contribution in [2.75, 3.05) is 0 Å². The maximum absolute atomic E-state index is 10.2. The number of hydrogen-bond acceptors (Lipinski definition) is 5. The molecule has 118 valence electrons. The van der Waals surface area contributed by atoms with Crippen LogP contribution >= 0.6 is 11.3 Å². The number of rotatable bonds is 2. The molecule has 23 heavy (non-hydrogen) atoms. The fourth-order valence-corrected chi connectivity index (χ4v) is 4.20. The molecule has 0 fully saturated rings. The zero-order valence-corrected chi connectivity index (χ0v) is 14.0. The molecule has 0 amide bonds. The lowest BCUT2D eigenvalue weighted by atomic mass is 9.89. The lowest BCUT2D eigenvalue weighted by molar-refractivity contribution is 0.156. The maximum Gasteiger partial charge on any atom is 0.231 e. The zero-order chi connectivity index (χ0) is 16.0. The normalized spacial score (nSPS) is 17.3. The number of fused-ring (bicyclic) bond motifs is 2. The van der Waals surface area contributed by atoms with E-state index in [0.29, 0.717) is 5.88 Å². The number of aromatic nitrogens is 2. The van der Waals surface area contributed by atoms with E-state index >= 15 is 0 Å². The summed E-state index contributed by atoms with van der Waals surface area (Å²) < 4.78 is 6.18. The molecule has 0 spiro atoms. The molecule has 1 aliphatic rings. The Morgan fingerprint density at radius 3 is 3.00 bits per heavy atom. The van der Waals surface area contributed by atoms with E-state index in [2.05, 4.69) is 23.8 Å². The van der Waals surface area contributed by atoms with Crippen molar-refractivity contribution in [3.63, 3.8) is 0 Å². The van der Waals surface area contributed by atoms with Gasteiger partial charge in [0.15, 0.2) is 0 Å². The van der Waals surface area contributed by atoms with Crippen LogP contribution < -0.4 is 4.74 Å². The van der Waals surface area contributed by atoms with Crippen molar-refractivity contribution >= 4 is 21.6 Å². The first-order valence-electron chi connectivity index (χ1n) is 7.83. The average Bonchev–Trinajstić information content (AvgIpc) is 2.84. The standard InChI is InChI=1S/C18H18N2O2S/c1-10-11(2)23-18-16(10)17(19-9-20-18)22-15-8-4-5-12-13(15)6-3-7-14(12)21/h4-5,8-9,14,21H,3,6-7H2,1-2H3. The zero-order valence-electron chi connectivity index (χ0n) is 13.2. The van der Waals surface area contributed by atoms with Crippen LogP contribution in [0.4, 0.5) is 0 Å². The molecule has 0 saturated carbocycles. The van der Waals surface area contributed by atoms with Crippen LogP contribution in [-0.4, -0.2) is 15.1 Å². The van der Waals surface area contributed by atoms with Gasteiger partial charge in [-0.1, -0.05) is 12.1 Å². The quantitative estimate of drug-likeness (QED) is 0.755. The number of aliphatic hydroxyl groups is 1. The van der Waals surface area contributed by atoms with Gasteiger partial charge in [-0.25, -0.2) is 9.97 Å². The Labute approximate surface area is 138 Å². The molecule has 0 aliphatic heterocycles. The highest BCUT2D eigenvalue weighted by Gasteiger charge is 2.22. The Kier molecular flexibility index (Phi) is 3.54. The van der Waals surface area contributed by atoms with Crippen LogP contribution in [0.25, 0.3) is 10.2 Å². The summed E-state index contributed by atoms with van der Waals surface area (Å²) in [6.07, 6.45) is 3.88. The molecule has 2 aromatic heterocycles. The Hall–Kier alpha value is -1.98. The molecule has 3 aromatic rings. The van der Waals surface area contributed by atoms with Gasteiger partial charge in [-0.05, 0) is 50.3 Å². The first kappa shape index (κ1) is 14.6. The molecular weight excluding hydrogens is 308 g/mol. The molecule has 1 atom stereocenters. The summed E-state index contributed by atoms with van der Waals surface area (Å²) in [5.41, 5.74) is 3.25. The number of hydrogen-bond donors (Lipinski definition) is 1. The summed E-state index contributed by atoms with van der Waals surface area (Å²) in [6, 6.07) is 5.88. The number of benzene rings is 1. The molecule has 1 unspecified atom stereocenters. The fourth-order valence-electron chi connectivity index (χ4n) is 3.22. The van der Waals surface area contributed by atoms with Crippen LogP contribution in [-0.2, 0) is 6.42 Å². The molecule has 2 heterocycles. The average molecular weight is 326 g/mol. The Morgan fingerprint density at radius 1 is 1.26 bits per heavy atom. The minimum Gasteiger partial charge on any atom is -0.438 e. The van der Waals surface area contributed by atoms with E-state index in [1.165, 1.54) is 10.4 Å². The first-order chi connectivity index (χ1) is 11.1. The summed E-state index contributed by atoms with van der Waals surface area (Å²) in [4.78, 5) is 10.9. The van der Waals surface area contributed by atoms with Gasteiger partial charge in [0.1, 0.15) is 16.9 Å². The Bertz CT molecular complexity index is 888. The number of aliphatic hydroxyl groups excluding tert-OH is 1. The Balaban J connectivity index is 1.82. The lowest BCUT2D eigenvalue weighted by Gasteiger charge is -2.23. The second-order valence-corrected chi connectivity index (χ2v) is 7.18. The summed E-state index contributed by atoms with van der Waals surface area (Å²) >= 11 is 1.66. The number of aryl methyl sites for hydroxylation is 2. The van der Waals surface area contributed by atoms with Crippen LogP contribution in [0.15, 0.2) is 24.5 Å². The van der Waals surface area contributed by atoms with E-state index in [0.717, 1.165) is 46.4 Å². The number of ether oxygens (including phenoxy) is 1. The SMILES string of the molecule is Cc1sc2ncnc(Oc3cccc4c3CCCC4O)c2c1C. The fraction of sp³-hybridized carbons (Fsp3) is 0.333. The van der Waals surface area contributed by atoms with E-state index in [1.807, 2.05) is 18.2 Å². The van der Waals surface area contributed by atoms with Crippen LogP contribution in [0.1, 0.15) is 40.5 Å². The second-order valence-electron chi connectivity index (χ2n) is 5.98. The van der Waals surface area contributed by atoms with Crippen molar-refractivity contribution in [2.24, 2.45) is 0 Å². The van der Waals surface area contributed by atoms with Gasteiger partial charge in [0.05, 0.1) is 11.5 Å². The van der Waals surface area contributed by atoms with Crippen molar-refractivity contribution in [2.45, 2.75) is 39.2 Å². The summed E-state index contributed by atoms with van der Waals surface area (Å²) in [5.74, 6) is 1.40. The minimum atomic E-state index is -0.391. The van der Waals surface area contributed by atoms with Crippen LogP contribution in [0.2, 0.25) is 0 Å². The highest BCUT2D eigenvalue weighted by atomic mass is 32.1. The van der Waals surface area contributed by atoms with E-state index in [-0.39, 0.29) is 0 Å². The predicted molar refractivity (Wildman–Crippen MR) is 91.3 cm³/mol. The largest absolute Gasteiger partial charge is 0.438 e. The molecular formula is C18H18N2O2S. The van der Waals surface area contributed by atoms with Crippen molar-refractivity contribution in [1.29, 1.82) is 0 Å². The molecule has 4 nitrogen and oxygen atoms in total. The van der Waals surface area contributed by atoms with Crippen molar-refractivity contribution in [3.8, 4) is 11.6 Å². The van der Waals surface area contributed by atoms with Crippen molar-refractivity contribution in [3.05, 3.63) is 46.1 Å². The molecule has 1 aliphatic carbocycles. The van der Waals surface area contributed by atoms with Crippen molar-refractivity contribution in [1.82, 2.24) is 9.97 Å². The summed E-state index contributed by atoms with van der Waals surface area (Å²) in [5, 5.41) is 11.2. The van der Waals surface area contributed by atoms with E-state index in [9.17, 15) is 5.11 Å². The third-order valence-electron chi connectivity index (χ3n) is 4.57. The van der Waals surface area contributed by atoms with E-state index < -0.39 is 6.10 Å². The van der Waals surface area contributed by atoms with Crippen LogP contribution in [0, 0.1) is 13.8 Å². The van der Waals surface area contributed by atoms with E-state index in [4.69, 9.17) is 4.74 Å². The smallest absolute Gasteiger partial charge is 0.231 e. The molecule has 0 radical (unpaired) electrons. The molecule has 0 bridgehead atoms. The monoisotopic (exact) mass is 326 g/mol. The van der Waals surface area contributed by atoms with Gasteiger partial charge in [-0.3, -0.25) is 0 Å². The van der Waals surface area contributed by atoms with Gasteiger partial charge in [0.2, 0.25) is 5.88 Å². The van der Waals surface area contributed by atoms with Gasteiger partial charge in [-0.2, -0.15) is 0 Å². The molecule has 0 saturated heterocycles. The number of nitrogens with zero attached hydrogens (tertiary/aromatic N) is 2. The third kappa shape index (κ3) is 2.40. The molecule has 5 heteroatoms. The lowest BCUT2D eigenvalue weighted by Crippen LogP contribution is -2.10. The second kappa shape index (κ2) is 5.58. The van der Waals surface area contributed by atoms with Crippen LogP contribution in [0.5, 0.6) is 11.6 Å². The van der Waals surface area contributed by atoms with Gasteiger partial charge in [0, 0.05) is 10.4 Å². The Morgan fingerprint density at radius 2 is 2.13 bits per heavy atom. The van der Waals surface area contributed by atoms with Gasteiger partial charge in [-0.15, -0.1) is 11.3 Å². The maximum atomic E-state index is 10.2. The topological polar surface area (TPSA) is 55.2 Å². The molecule has 4 rings (SSSR count). The highest BCUT2D eigenvalue weighted by Crippen LogP contribution is 2.40. The number of thiophene rings is 1. The summed E-state index contributed by atoms with van der Waals surface area (Å²) in [7, 11) is 0. The highest BCUT2D eigenvalue weighted by molar-refractivity contribution is 7.18. The minimum absolute atomic E-state index is 0.391.